The highest BCUT2D eigenvalue weighted by molar-refractivity contribution is 6.34. The Hall–Kier alpha value is -1.06. The van der Waals surface area contributed by atoms with Crippen molar-refractivity contribution in [3.63, 3.8) is 0 Å². The van der Waals surface area contributed by atoms with E-state index >= 15 is 0 Å². The summed E-state index contributed by atoms with van der Waals surface area (Å²) in [7, 11) is 1.53. The molecule has 1 amide bonds. The quantitative estimate of drug-likeness (QED) is 0.905. The number of nitrogens with one attached hydrogen (secondary N) is 1. The number of carbonyl (C=O) groups is 1. The van der Waals surface area contributed by atoms with E-state index in [2.05, 4.69) is 5.32 Å². The summed E-state index contributed by atoms with van der Waals surface area (Å²) in [6, 6.07) is 3.82. The first-order chi connectivity index (χ1) is 8.34. The van der Waals surface area contributed by atoms with Crippen molar-refractivity contribution in [1.82, 2.24) is 0 Å². The molecule has 0 aliphatic heterocycles. The number of aryl methyl sites for hydroxylation is 2. The Bertz CT molecular complexity index is 430. The minimum atomic E-state index is -0.833. The topological polar surface area (TPSA) is 38.3 Å². The SMILES string of the molecule is CCC(C)(OC)C(=O)Nc1c(C)cc(C)cc1Cl. The molecule has 0 aliphatic rings. The van der Waals surface area contributed by atoms with Crippen LogP contribution in [0.4, 0.5) is 5.69 Å². The third-order valence-corrected chi connectivity index (χ3v) is 3.57. The van der Waals surface area contributed by atoms with E-state index in [0.717, 1.165) is 11.1 Å². The van der Waals surface area contributed by atoms with E-state index < -0.39 is 5.60 Å². The van der Waals surface area contributed by atoms with E-state index in [4.69, 9.17) is 16.3 Å². The highest BCUT2D eigenvalue weighted by Crippen LogP contribution is 2.28. The maximum Gasteiger partial charge on any atom is 0.256 e. The zero-order chi connectivity index (χ0) is 13.9. The Labute approximate surface area is 113 Å². The lowest BCUT2D eigenvalue weighted by molar-refractivity contribution is -0.136. The standard InChI is InChI=1S/C14H20ClNO2/c1-6-14(4,18-5)13(17)16-12-10(3)7-9(2)8-11(12)15/h7-8H,6H2,1-5H3,(H,16,17). The predicted octanol–water partition coefficient (Wildman–Crippen LogP) is 3.71. The van der Waals surface area contributed by atoms with Gasteiger partial charge < -0.3 is 10.1 Å². The van der Waals surface area contributed by atoms with E-state index in [9.17, 15) is 4.79 Å². The fourth-order valence-electron chi connectivity index (χ4n) is 1.72. The molecule has 0 radical (unpaired) electrons. The van der Waals surface area contributed by atoms with Crippen LogP contribution in [0.3, 0.4) is 0 Å². The molecule has 4 heteroatoms. The van der Waals surface area contributed by atoms with Gasteiger partial charge in [-0.15, -0.1) is 0 Å². The lowest BCUT2D eigenvalue weighted by atomic mass is 10.0. The number of hydrogen-bond donors (Lipinski definition) is 1. The largest absolute Gasteiger partial charge is 0.369 e. The van der Waals surface area contributed by atoms with Crippen molar-refractivity contribution in [2.45, 2.75) is 39.7 Å². The average Bonchev–Trinajstić information content (AvgIpc) is 2.32. The Balaban J connectivity index is 3.02. The molecule has 0 aliphatic carbocycles. The fraction of sp³-hybridized carbons (Fsp3) is 0.500. The van der Waals surface area contributed by atoms with Crippen LogP contribution in [0.25, 0.3) is 0 Å². The Morgan fingerprint density at radius 1 is 1.44 bits per heavy atom. The van der Waals surface area contributed by atoms with E-state index in [-0.39, 0.29) is 5.91 Å². The molecule has 100 valence electrons. The monoisotopic (exact) mass is 269 g/mol. The predicted molar refractivity (Wildman–Crippen MR) is 75.3 cm³/mol. The van der Waals surface area contributed by atoms with Gasteiger partial charge in [0.25, 0.3) is 5.91 Å². The number of benzene rings is 1. The third-order valence-electron chi connectivity index (χ3n) is 3.28. The molecule has 0 fully saturated rings. The van der Waals surface area contributed by atoms with E-state index in [1.807, 2.05) is 32.9 Å². The molecule has 1 rings (SSSR count). The molecule has 0 saturated carbocycles. The van der Waals surface area contributed by atoms with Gasteiger partial charge in [0.2, 0.25) is 0 Å². The summed E-state index contributed by atoms with van der Waals surface area (Å²) in [6.07, 6.45) is 0.595. The van der Waals surface area contributed by atoms with Crippen molar-refractivity contribution < 1.29 is 9.53 Å². The van der Waals surface area contributed by atoms with Gasteiger partial charge in [0.15, 0.2) is 0 Å². The molecule has 0 spiro atoms. The summed E-state index contributed by atoms with van der Waals surface area (Å²) in [5.41, 5.74) is 1.84. The van der Waals surface area contributed by atoms with Crippen molar-refractivity contribution in [2.75, 3.05) is 12.4 Å². The van der Waals surface area contributed by atoms with Gasteiger partial charge >= 0.3 is 0 Å². The summed E-state index contributed by atoms with van der Waals surface area (Å²) < 4.78 is 5.27. The number of anilines is 1. The summed E-state index contributed by atoms with van der Waals surface area (Å²) in [4.78, 5) is 12.2. The lowest BCUT2D eigenvalue weighted by Crippen LogP contribution is -2.41. The van der Waals surface area contributed by atoms with Gasteiger partial charge in [-0.25, -0.2) is 0 Å². The first-order valence-electron chi connectivity index (χ1n) is 5.97. The molecule has 1 N–H and O–H groups in total. The molecule has 1 aromatic carbocycles. The first-order valence-corrected chi connectivity index (χ1v) is 6.35. The molecule has 3 nitrogen and oxygen atoms in total. The van der Waals surface area contributed by atoms with Crippen LogP contribution < -0.4 is 5.32 Å². The van der Waals surface area contributed by atoms with Gasteiger partial charge in [0, 0.05) is 7.11 Å². The number of rotatable bonds is 4. The molecule has 0 saturated heterocycles. The summed E-state index contributed by atoms with van der Waals surface area (Å²) in [5.74, 6) is -0.179. The molecule has 0 bridgehead atoms. The van der Waals surface area contributed by atoms with E-state index in [1.54, 1.807) is 6.92 Å². The second-order valence-corrected chi connectivity index (χ2v) is 5.09. The van der Waals surface area contributed by atoms with Crippen LogP contribution in [0.15, 0.2) is 12.1 Å². The number of methoxy groups -OCH3 is 1. The van der Waals surface area contributed by atoms with Crippen LogP contribution in [0.1, 0.15) is 31.4 Å². The molecule has 18 heavy (non-hydrogen) atoms. The maximum absolute atomic E-state index is 12.2. The normalized spacial score (nSPS) is 14.1. The smallest absolute Gasteiger partial charge is 0.256 e. The van der Waals surface area contributed by atoms with Gasteiger partial charge in [-0.05, 0) is 44.4 Å². The number of amides is 1. The van der Waals surface area contributed by atoms with Crippen molar-refractivity contribution in [1.29, 1.82) is 0 Å². The second kappa shape index (κ2) is 5.72. The van der Waals surface area contributed by atoms with E-state index in [1.165, 1.54) is 7.11 Å². The van der Waals surface area contributed by atoms with Gasteiger partial charge in [-0.3, -0.25) is 4.79 Å². The zero-order valence-corrected chi connectivity index (χ0v) is 12.3. The van der Waals surface area contributed by atoms with Crippen LogP contribution in [0.5, 0.6) is 0 Å². The fourth-order valence-corrected chi connectivity index (χ4v) is 2.09. The summed E-state index contributed by atoms with van der Waals surface area (Å²) in [5, 5.41) is 3.40. The maximum atomic E-state index is 12.2. The number of halogens is 1. The van der Waals surface area contributed by atoms with Gasteiger partial charge in [0.05, 0.1) is 10.7 Å². The summed E-state index contributed by atoms with van der Waals surface area (Å²) >= 11 is 6.16. The molecular weight excluding hydrogens is 250 g/mol. The number of ether oxygens (including phenoxy) is 1. The Morgan fingerprint density at radius 3 is 2.50 bits per heavy atom. The van der Waals surface area contributed by atoms with Crippen LogP contribution in [0, 0.1) is 13.8 Å². The van der Waals surface area contributed by atoms with Crippen LogP contribution in [-0.2, 0) is 9.53 Å². The Kier molecular flexibility index (Phi) is 4.77. The minimum absolute atomic E-state index is 0.179. The molecule has 1 unspecified atom stereocenters. The number of carbonyl (C=O) groups excluding carboxylic acids is 1. The van der Waals surface area contributed by atoms with Gasteiger partial charge in [0.1, 0.15) is 5.60 Å². The summed E-state index contributed by atoms with van der Waals surface area (Å²) in [6.45, 7) is 7.56. The molecule has 1 atom stereocenters. The first kappa shape index (κ1) is 15.0. The molecule has 0 aromatic heterocycles. The van der Waals surface area contributed by atoms with Gasteiger partial charge in [-0.2, -0.15) is 0 Å². The average molecular weight is 270 g/mol. The van der Waals surface area contributed by atoms with Crippen molar-refractivity contribution in [3.8, 4) is 0 Å². The zero-order valence-electron chi connectivity index (χ0n) is 11.6. The van der Waals surface area contributed by atoms with Crippen molar-refractivity contribution in [2.24, 2.45) is 0 Å². The highest BCUT2D eigenvalue weighted by atomic mass is 35.5. The second-order valence-electron chi connectivity index (χ2n) is 4.68. The lowest BCUT2D eigenvalue weighted by Gasteiger charge is -2.26. The van der Waals surface area contributed by atoms with Crippen LogP contribution in [-0.4, -0.2) is 18.6 Å². The minimum Gasteiger partial charge on any atom is -0.369 e. The Morgan fingerprint density at radius 2 is 2.06 bits per heavy atom. The van der Waals surface area contributed by atoms with Crippen LogP contribution in [0.2, 0.25) is 5.02 Å². The molecular formula is C14H20ClNO2. The molecule has 1 aromatic rings. The number of hydrogen-bond acceptors (Lipinski definition) is 2. The van der Waals surface area contributed by atoms with Crippen LogP contribution >= 0.6 is 11.6 Å². The highest BCUT2D eigenvalue weighted by Gasteiger charge is 2.31. The molecule has 0 heterocycles. The van der Waals surface area contributed by atoms with Gasteiger partial charge in [-0.1, -0.05) is 24.6 Å². The van der Waals surface area contributed by atoms with E-state index in [0.29, 0.717) is 17.1 Å². The van der Waals surface area contributed by atoms with Crippen molar-refractivity contribution in [3.05, 3.63) is 28.3 Å². The van der Waals surface area contributed by atoms with Crippen molar-refractivity contribution >= 4 is 23.2 Å². The third kappa shape index (κ3) is 3.03.